The highest BCUT2D eigenvalue weighted by Crippen LogP contribution is 2.26. The first-order chi connectivity index (χ1) is 5.16. The van der Waals surface area contributed by atoms with Crippen molar-refractivity contribution in [3.05, 3.63) is 33.6 Å². The number of carbonyl (C=O) groups is 1. The fraction of sp³-hybridized carbons (Fsp3) is 0. The van der Waals surface area contributed by atoms with Gasteiger partial charge in [0.2, 0.25) is 0 Å². The lowest BCUT2D eigenvalue weighted by Crippen LogP contribution is -1.88. The molecule has 1 nitrogen and oxygen atoms in total. The zero-order chi connectivity index (χ0) is 8.43. The van der Waals surface area contributed by atoms with Gasteiger partial charge in [0.15, 0.2) is 12.1 Å². The molecule has 4 heteroatoms. The Hall–Kier alpha value is -0.600. The summed E-state index contributed by atoms with van der Waals surface area (Å²) >= 11 is 10.9. The van der Waals surface area contributed by atoms with E-state index in [0.29, 0.717) is 6.29 Å². The summed E-state index contributed by atoms with van der Waals surface area (Å²) in [4.78, 5) is 10.1. The quantitative estimate of drug-likeness (QED) is 0.494. The first kappa shape index (κ1) is 8.50. The molecule has 1 rings (SSSR count). The monoisotopic (exact) mass is 192 g/mol. The summed E-state index contributed by atoms with van der Waals surface area (Å²) in [5.74, 6) is -0.769. The van der Waals surface area contributed by atoms with Crippen molar-refractivity contribution in [1.29, 1.82) is 0 Å². The highest BCUT2D eigenvalue weighted by atomic mass is 35.5. The maximum atomic E-state index is 12.8. The van der Waals surface area contributed by atoms with Gasteiger partial charge >= 0.3 is 0 Å². The Bertz CT molecular complexity index is 299. The maximum Gasteiger partial charge on any atom is 0.153 e. The second-order valence-corrected chi connectivity index (χ2v) is 2.67. The predicted octanol–water partition coefficient (Wildman–Crippen LogP) is 2.95. The van der Waals surface area contributed by atoms with E-state index in [9.17, 15) is 9.18 Å². The molecule has 0 amide bonds. The smallest absolute Gasteiger partial charge is 0.153 e. The van der Waals surface area contributed by atoms with Crippen LogP contribution in [0.15, 0.2) is 12.1 Å². The van der Waals surface area contributed by atoms with E-state index < -0.39 is 5.82 Å². The summed E-state index contributed by atoms with van der Waals surface area (Å²) < 4.78 is 12.8. The van der Waals surface area contributed by atoms with Gasteiger partial charge in [0, 0.05) is 0 Å². The Balaban J connectivity index is 3.36. The van der Waals surface area contributed by atoms with Gasteiger partial charge in [0.25, 0.3) is 0 Å². The summed E-state index contributed by atoms with van der Waals surface area (Å²) in [6.45, 7) is 0. The van der Waals surface area contributed by atoms with Gasteiger partial charge < -0.3 is 0 Å². The first-order valence-corrected chi connectivity index (χ1v) is 3.51. The average Bonchev–Trinajstić information content (AvgIpc) is 2.01. The first-order valence-electron chi connectivity index (χ1n) is 2.75. The van der Waals surface area contributed by atoms with Crippen LogP contribution in [0.5, 0.6) is 0 Å². The van der Waals surface area contributed by atoms with Gasteiger partial charge in [-0.25, -0.2) is 4.39 Å². The van der Waals surface area contributed by atoms with Gasteiger partial charge in [0.05, 0.1) is 15.6 Å². The third-order valence-corrected chi connectivity index (χ3v) is 1.97. The molecule has 1 aromatic rings. The van der Waals surface area contributed by atoms with E-state index in [1.165, 1.54) is 12.1 Å². The van der Waals surface area contributed by atoms with Gasteiger partial charge in [0.1, 0.15) is 0 Å². The van der Waals surface area contributed by atoms with Crippen molar-refractivity contribution in [2.24, 2.45) is 0 Å². The highest BCUT2D eigenvalue weighted by Gasteiger charge is 2.08. The molecule has 0 N–H and O–H groups in total. The molecule has 0 aliphatic rings. The van der Waals surface area contributed by atoms with Crippen LogP contribution in [0.25, 0.3) is 0 Å². The molecule has 0 aliphatic heterocycles. The van der Waals surface area contributed by atoms with Crippen LogP contribution < -0.4 is 0 Å². The summed E-state index contributed by atoms with van der Waals surface area (Å²) in [6, 6.07) is 2.65. The van der Waals surface area contributed by atoms with Crippen LogP contribution in [0.4, 0.5) is 4.39 Å². The fourth-order valence-electron chi connectivity index (χ4n) is 0.632. The second kappa shape index (κ2) is 3.20. The molecular weight excluding hydrogens is 190 g/mol. The highest BCUT2D eigenvalue weighted by molar-refractivity contribution is 6.42. The summed E-state index contributed by atoms with van der Waals surface area (Å²) in [5.41, 5.74) is -0.0839. The Morgan fingerprint density at radius 3 is 2.55 bits per heavy atom. The van der Waals surface area contributed by atoms with E-state index in [-0.39, 0.29) is 15.6 Å². The lowest BCUT2D eigenvalue weighted by Gasteiger charge is -1.98. The van der Waals surface area contributed by atoms with Crippen LogP contribution >= 0.6 is 23.2 Å². The van der Waals surface area contributed by atoms with E-state index in [2.05, 4.69) is 0 Å². The molecule has 0 bridgehead atoms. The van der Waals surface area contributed by atoms with Gasteiger partial charge in [-0.3, -0.25) is 4.79 Å². The molecule has 0 saturated heterocycles. The summed E-state index contributed by atoms with van der Waals surface area (Å²) in [7, 11) is 0. The van der Waals surface area contributed by atoms with Crippen molar-refractivity contribution in [1.82, 2.24) is 0 Å². The lowest BCUT2D eigenvalue weighted by atomic mass is 10.2. The van der Waals surface area contributed by atoms with Crippen LogP contribution in [0.1, 0.15) is 10.4 Å². The Morgan fingerprint density at radius 1 is 1.36 bits per heavy atom. The number of hydrogen-bond donors (Lipinski definition) is 0. The van der Waals surface area contributed by atoms with Crippen LogP contribution in [0.3, 0.4) is 0 Å². The zero-order valence-electron chi connectivity index (χ0n) is 5.27. The predicted molar refractivity (Wildman–Crippen MR) is 41.8 cm³/mol. The number of carbonyl (C=O) groups excluding carboxylic acids is 1. The molecule has 0 unspecified atom stereocenters. The molecular formula is C7H3Cl2FO. The van der Waals surface area contributed by atoms with Crippen LogP contribution in [-0.2, 0) is 0 Å². The van der Waals surface area contributed by atoms with Gasteiger partial charge in [-0.15, -0.1) is 0 Å². The van der Waals surface area contributed by atoms with Crippen molar-refractivity contribution in [3.8, 4) is 0 Å². The topological polar surface area (TPSA) is 17.1 Å². The number of aldehydes is 1. The van der Waals surface area contributed by atoms with Crippen molar-refractivity contribution in [2.75, 3.05) is 0 Å². The standard InChI is InChI=1S/C7H3Cl2FO/c8-5-2-1-4(3-11)7(10)6(5)9/h1-3H. The molecule has 0 aliphatic carbocycles. The van der Waals surface area contributed by atoms with Crippen molar-refractivity contribution < 1.29 is 9.18 Å². The lowest BCUT2D eigenvalue weighted by molar-refractivity contribution is 0.112. The molecule has 0 saturated carbocycles. The molecule has 0 atom stereocenters. The van der Waals surface area contributed by atoms with Crippen LogP contribution in [-0.4, -0.2) is 6.29 Å². The van der Waals surface area contributed by atoms with Gasteiger partial charge in [-0.2, -0.15) is 0 Å². The molecule has 0 radical (unpaired) electrons. The van der Waals surface area contributed by atoms with Crippen molar-refractivity contribution in [2.45, 2.75) is 0 Å². The third kappa shape index (κ3) is 1.52. The maximum absolute atomic E-state index is 12.8. The Kier molecular flexibility index (Phi) is 2.47. The zero-order valence-corrected chi connectivity index (χ0v) is 6.79. The Labute approximate surface area is 72.7 Å². The van der Waals surface area contributed by atoms with E-state index in [1.807, 2.05) is 0 Å². The van der Waals surface area contributed by atoms with E-state index in [4.69, 9.17) is 23.2 Å². The Morgan fingerprint density at radius 2 is 2.00 bits per heavy atom. The molecule has 1 aromatic carbocycles. The molecule has 0 spiro atoms. The summed E-state index contributed by atoms with van der Waals surface area (Å²) in [5, 5.41) is -0.106. The molecule has 0 aromatic heterocycles. The summed E-state index contributed by atoms with van der Waals surface area (Å²) in [6.07, 6.45) is 0.386. The van der Waals surface area contributed by atoms with Crippen LogP contribution in [0, 0.1) is 5.82 Å². The van der Waals surface area contributed by atoms with E-state index in [1.54, 1.807) is 0 Å². The minimum atomic E-state index is -0.769. The minimum absolute atomic E-state index is 0.0839. The number of halogens is 3. The molecule has 0 heterocycles. The number of hydrogen-bond acceptors (Lipinski definition) is 1. The van der Waals surface area contributed by atoms with E-state index >= 15 is 0 Å². The van der Waals surface area contributed by atoms with E-state index in [0.717, 1.165) is 0 Å². The van der Waals surface area contributed by atoms with Crippen molar-refractivity contribution in [3.63, 3.8) is 0 Å². The normalized spacial score (nSPS) is 9.73. The second-order valence-electron chi connectivity index (χ2n) is 1.88. The SMILES string of the molecule is O=Cc1ccc(Cl)c(Cl)c1F. The number of benzene rings is 1. The third-order valence-electron chi connectivity index (χ3n) is 1.19. The van der Waals surface area contributed by atoms with Crippen molar-refractivity contribution >= 4 is 29.5 Å². The largest absolute Gasteiger partial charge is 0.298 e. The van der Waals surface area contributed by atoms with Gasteiger partial charge in [-0.1, -0.05) is 23.2 Å². The average molecular weight is 193 g/mol. The van der Waals surface area contributed by atoms with Crippen LogP contribution in [0.2, 0.25) is 10.0 Å². The molecule has 11 heavy (non-hydrogen) atoms. The molecule has 0 fully saturated rings. The number of rotatable bonds is 1. The fourth-order valence-corrected chi connectivity index (χ4v) is 0.950. The van der Waals surface area contributed by atoms with Gasteiger partial charge in [-0.05, 0) is 12.1 Å². The molecule has 58 valence electrons. The minimum Gasteiger partial charge on any atom is -0.298 e.